The zero-order chi connectivity index (χ0) is 16.9. The summed E-state index contributed by atoms with van der Waals surface area (Å²) >= 11 is 7.27. The van der Waals surface area contributed by atoms with E-state index in [1.165, 1.54) is 11.8 Å². The Morgan fingerprint density at radius 3 is 2.75 bits per heavy atom. The van der Waals surface area contributed by atoms with Crippen LogP contribution in [0.3, 0.4) is 0 Å². The smallest absolute Gasteiger partial charge is 0.217 e. The molecule has 0 atom stereocenters. The third-order valence-corrected chi connectivity index (χ3v) is 4.25. The van der Waals surface area contributed by atoms with Crippen molar-refractivity contribution in [2.75, 3.05) is 7.11 Å². The fraction of sp³-hybridized carbons (Fsp3) is 0.125. The van der Waals surface area contributed by atoms with Crippen LogP contribution < -0.4 is 4.74 Å². The number of methoxy groups -OCH3 is 1. The average Bonchev–Trinajstić information content (AvgIpc) is 2.99. The van der Waals surface area contributed by atoms with Crippen LogP contribution in [0.2, 0.25) is 5.02 Å². The molecule has 8 heteroatoms. The summed E-state index contributed by atoms with van der Waals surface area (Å²) < 4.78 is 7.07. The Morgan fingerprint density at radius 1 is 1.25 bits per heavy atom. The molecule has 24 heavy (non-hydrogen) atoms. The van der Waals surface area contributed by atoms with Gasteiger partial charge >= 0.3 is 0 Å². The number of nitrogens with zero attached hydrogens (tertiary/aromatic N) is 5. The number of rotatable bonds is 6. The first-order valence-corrected chi connectivity index (χ1v) is 8.25. The van der Waals surface area contributed by atoms with Crippen LogP contribution in [-0.2, 0) is 6.54 Å². The first kappa shape index (κ1) is 16.5. The van der Waals surface area contributed by atoms with Crippen LogP contribution in [0.1, 0.15) is 0 Å². The number of aromatic nitrogens is 5. The Hall–Kier alpha value is -2.38. The molecule has 0 bridgehead atoms. The van der Waals surface area contributed by atoms with E-state index in [9.17, 15) is 0 Å². The molecule has 0 radical (unpaired) electrons. The van der Waals surface area contributed by atoms with Gasteiger partial charge < -0.3 is 4.74 Å². The third-order valence-electron chi connectivity index (χ3n) is 3.13. The highest BCUT2D eigenvalue weighted by molar-refractivity contribution is 7.99. The average molecular weight is 360 g/mol. The van der Waals surface area contributed by atoms with Crippen molar-refractivity contribution < 1.29 is 4.74 Å². The van der Waals surface area contributed by atoms with Gasteiger partial charge in [-0.25, -0.2) is 4.98 Å². The molecule has 2 heterocycles. The molecule has 0 amide bonds. The van der Waals surface area contributed by atoms with Crippen molar-refractivity contribution in [3.05, 3.63) is 54.2 Å². The number of ether oxygens (including phenoxy) is 1. The summed E-state index contributed by atoms with van der Waals surface area (Å²) in [5, 5.41) is 10.4. The van der Waals surface area contributed by atoms with Gasteiger partial charge in [0, 0.05) is 29.4 Å². The lowest BCUT2D eigenvalue weighted by atomic mass is 10.2. The molecule has 6 nitrogen and oxygen atoms in total. The van der Waals surface area contributed by atoms with Crippen LogP contribution in [0.25, 0.3) is 11.4 Å². The molecular formula is C16H14ClN5OS. The minimum atomic E-state index is 0.500. The second-order valence-electron chi connectivity index (χ2n) is 4.70. The molecule has 0 spiro atoms. The minimum Gasteiger partial charge on any atom is -0.481 e. The highest BCUT2D eigenvalue weighted by Gasteiger charge is 2.15. The van der Waals surface area contributed by atoms with E-state index in [0.717, 1.165) is 11.4 Å². The van der Waals surface area contributed by atoms with Gasteiger partial charge in [-0.3, -0.25) is 4.57 Å². The van der Waals surface area contributed by atoms with Gasteiger partial charge in [-0.1, -0.05) is 17.7 Å². The Morgan fingerprint density at radius 2 is 2.04 bits per heavy atom. The maximum Gasteiger partial charge on any atom is 0.217 e. The lowest BCUT2D eigenvalue weighted by Crippen LogP contribution is -2.01. The van der Waals surface area contributed by atoms with Gasteiger partial charge in [0.1, 0.15) is 0 Å². The van der Waals surface area contributed by atoms with E-state index in [1.54, 1.807) is 25.4 Å². The molecule has 0 aliphatic rings. The normalized spacial score (nSPS) is 10.6. The highest BCUT2D eigenvalue weighted by atomic mass is 35.5. The van der Waals surface area contributed by atoms with E-state index < -0.39 is 0 Å². The van der Waals surface area contributed by atoms with Crippen LogP contribution in [-0.4, -0.2) is 31.8 Å². The Labute approximate surface area is 148 Å². The summed E-state index contributed by atoms with van der Waals surface area (Å²) in [4.78, 5) is 8.51. The van der Waals surface area contributed by atoms with Crippen molar-refractivity contribution in [3.8, 4) is 17.3 Å². The molecular weight excluding hydrogens is 346 g/mol. The second kappa shape index (κ2) is 7.46. The van der Waals surface area contributed by atoms with Crippen LogP contribution >= 0.6 is 23.4 Å². The molecule has 0 aliphatic heterocycles. The monoisotopic (exact) mass is 359 g/mol. The molecule has 0 saturated heterocycles. The topological polar surface area (TPSA) is 65.7 Å². The number of benzene rings is 1. The summed E-state index contributed by atoms with van der Waals surface area (Å²) in [6.45, 7) is 4.37. The molecule has 2 aromatic heterocycles. The zero-order valence-electron chi connectivity index (χ0n) is 12.9. The van der Waals surface area contributed by atoms with Gasteiger partial charge in [0.25, 0.3) is 0 Å². The van der Waals surface area contributed by atoms with Crippen LogP contribution in [0.5, 0.6) is 5.88 Å². The zero-order valence-corrected chi connectivity index (χ0v) is 14.5. The molecule has 122 valence electrons. The third kappa shape index (κ3) is 3.58. The minimum absolute atomic E-state index is 0.500. The molecule has 1 aromatic carbocycles. The highest BCUT2D eigenvalue weighted by Crippen LogP contribution is 2.28. The molecule has 0 N–H and O–H groups in total. The fourth-order valence-corrected chi connectivity index (χ4v) is 2.93. The molecule has 3 rings (SSSR count). The number of hydrogen-bond acceptors (Lipinski definition) is 6. The molecule has 0 fully saturated rings. The van der Waals surface area contributed by atoms with E-state index in [1.807, 2.05) is 28.8 Å². The first-order valence-electron chi connectivity index (χ1n) is 7.06. The van der Waals surface area contributed by atoms with Crippen molar-refractivity contribution in [2.45, 2.75) is 16.9 Å². The van der Waals surface area contributed by atoms with Gasteiger partial charge in [-0.2, -0.15) is 4.98 Å². The van der Waals surface area contributed by atoms with Crippen LogP contribution in [0.15, 0.2) is 59.5 Å². The predicted octanol–water partition coefficient (Wildman–Crippen LogP) is 3.73. The fourth-order valence-electron chi connectivity index (χ4n) is 2.04. The van der Waals surface area contributed by atoms with Crippen LogP contribution in [0, 0.1) is 0 Å². The lowest BCUT2D eigenvalue weighted by molar-refractivity contribution is 0.392. The van der Waals surface area contributed by atoms with E-state index >= 15 is 0 Å². The lowest BCUT2D eigenvalue weighted by Gasteiger charge is -2.07. The summed E-state index contributed by atoms with van der Waals surface area (Å²) in [7, 11) is 1.57. The van der Waals surface area contributed by atoms with Crippen molar-refractivity contribution in [1.82, 2.24) is 24.7 Å². The van der Waals surface area contributed by atoms with Crippen molar-refractivity contribution >= 4 is 23.4 Å². The van der Waals surface area contributed by atoms with E-state index in [0.29, 0.717) is 27.8 Å². The Balaban J connectivity index is 1.96. The summed E-state index contributed by atoms with van der Waals surface area (Å²) in [6, 6.07) is 9.14. The maximum atomic E-state index is 5.95. The van der Waals surface area contributed by atoms with Gasteiger partial charge in [0.15, 0.2) is 16.1 Å². The molecule has 0 unspecified atom stereocenters. The van der Waals surface area contributed by atoms with E-state index in [-0.39, 0.29) is 0 Å². The quantitative estimate of drug-likeness (QED) is 0.493. The summed E-state index contributed by atoms with van der Waals surface area (Å²) in [6.07, 6.45) is 3.43. The van der Waals surface area contributed by atoms with Gasteiger partial charge in [0.2, 0.25) is 5.88 Å². The Kier molecular flexibility index (Phi) is 5.12. The van der Waals surface area contributed by atoms with E-state index in [2.05, 4.69) is 26.7 Å². The standard InChI is InChI=1S/C16H14ClN5OS/c1-3-10-22-14(11-4-6-12(17)7-5-11)20-21-16(22)24-15-18-9-8-13(19-15)23-2/h3-9H,1,10H2,2H3. The van der Waals surface area contributed by atoms with Gasteiger partial charge in [-0.15, -0.1) is 16.8 Å². The summed E-state index contributed by atoms with van der Waals surface area (Å²) in [5.41, 5.74) is 0.923. The number of allylic oxidation sites excluding steroid dienone is 1. The van der Waals surface area contributed by atoms with E-state index in [4.69, 9.17) is 16.3 Å². The largest absolute Gasteiger partial charge is 0.481 e. The van der Waals surface area contributed by atoms with Crippen molar-refractivity contribution in [3.63, 3.8) is 0 Å². The SMILES string of the molecule is C=CCn1c(Sc2nccc(OC)n2)nnc1-c1ccc(Cl)cc1. The summed E-state index contributed by atoms with van der Waals surface area (Å²) in [5.74, 6) is 1.23. The molecule has 0 aliphatic carbocycles. The molecule has 3 aromatic rings. The predicted molar refractivity (Wildman–Crippen MR) is 93.4 cm³/mol. The maximum absolute atomic E-state index is 5.95. The Bertz CT molecular complexity index is 850. The number of hydrogen-bond donors (Lipinski definition) is 0. The first-order chi connectivity index (χ1) is 11.7. The van der Waals surface area contributed by atoms with Crippen molar-refractivity contribution in [2.24, 2.45) is 0 Å². The number of halogens is 1. The van der Waals surface area contributed by atoms with Gasteiger partial charge in [0.05, 0.1) is 7.11 Å². The molecule has 0 saturated carbocycles. The second-order valence-corrected chi connectivity index (χ2v) is 6.07. The van der Waals surface area contributed by atoms with Crippen LogP contribution in [0.4, 0.5) is 0 Å². The van der Waals surface area contributed by atoms with Gasteiger partial charge in [-0.05, 0) is 36.0 Å². The van der Waals surface area contributed by atoms with Crippen molar-refractivity contribution in [1.29, 1.82) is 0 Å².